The summed E-state index contributed by atoms with van der Waals surface area (Å²) in [5.74, 6) is -0.786. The third-order valence-corrected chi connectivity index (χ3v) is 7.08. The van der Waals surface area contributed by atoms with Gasteiger partial charge < -0.3 is 14.2 Å². The second kappa shape index (κ2) is 12.5. The van der Waals surface area contributed by atoms with E-state index in [0.717, 1.165) is 18.8 Å². The average molecular weight is 531 g/mol. The molecule has 1 saturated carbocycles. The van der Waals surface area contributed by atoms with Crippen LogP contribution in [0.25, 0.3) is 11.1 Å². The van der Waals surface area contributed by atoms with Crippen LogP contribution in [0.5, 0.6) is 17.2 Å². The van der Waals surface area contributed by atoms with Crippen LogP contribution in [0.1, 0.15) is 63.9 Å². The molecule has 0 heterocycles. The maximum Gasteiger partial charge on any atom is 0.432 e. The molecule has 1 aliphatic rings. The highest BCUT2D eigenvalue weighted by Crippen LogP contribution is 2.38. The zero-order valence-corrected chi connectivity index (χ0v) is 21.8. The Morgan fingerprint density at radius 1 is 0.763 bits per heavy atom. The molecule has 38 heavy (non-hydrogen) atoms. The van der Waals surface area contributed by atoms with E-state index < -0.39 is 24.3 Å². The lowest BCUT2D eigenvalue weighted by atomic mass is 9.77. The van der Waals surface area contributed by atoms with Gasteiger partial charge in [0.2, 0.25) is 5.82 Å². The van der Waals surface area contributed by atoms with Crippen LogP contribution in [0, 0.1) is 17.6 Å². The van der Waals surface area contributed by atoms with E-state index in [1.54, 1.807) is 19.1 Å². The van der Waals surface area contributed by atoms with E-state index in [9.17, 15) is 17.6 Å². The van der Waals surface area contributed by atoms with Crippen LogP contribution in [0.2, 0.25) is 0 Å². The molecule has 0 amide bonds. The van der Waals surface area contributed by atoms with E-state index in [1.165, 1.54) is 67.6 Å². The lowest BCUT2D eigenvalue weighted by Gasteiger charge is -2.28. The molecule has 1 fully saturated rings. The van der Waals surface area contributed by atoms with Gasteiger partial charge >= 0.3 is 6.11 Å². The predicted octanol–water partition coefficient (Wildman–Crippen LogP) is 9.15. The Balaban J connectivity index is 1.31. The molecule has 3 nitrogen and oxygen atoms in total. The molecular formula is C31H34F4O3. The summed E-state index contributed by atoms with van der Waals surface area (Å²) in [6.07, 6.45) is 3.74. The Kier molecular flexibility index (Phi) is 9.18. The van der Waals surface area contributed by atoms with Crippen molar-refractivity contribution in [1.82, 2.24) is 0 Å². The summed E-state index contributed by atoms with van der Waals surface area (Å²) in [6.45, 7) is 3.13. The third kappa shape index (κ3) is 7.00. The summed E-state index contributed by atoms with van der Waals surface area (Å²) < 4.78 is 72.7. The molecule has 0 aliphatic heterocycles. The van der Waals surface area contributed by atoms with E-state index in [4.69, 9.17) is 14.2 Å². The number of hydrogen-bond donors (Lipinski definition) is 0. The van der Waals surface area contributed by atoms with E-state index >= 15 is 0 Å². The van der Waals surface area contributed by atoms with Crippen molar-refractivity contribution >= 4 is 0 Å². The first kappa shape index (κ1) is 27.8. The minimum atomic E-state index is -3.59. The summed E-state index contributed by atoms with van der Waals surface area (Å²) in [4.78, 5) is 0. The zero-order valence-electron chi connectivity index (χ0n) is 21.8. The summed E-state index contributed by atoms with van der Waals surface area (Å²) in [6, 6.07) is 15.4. The second-order valence-corrected chi connectivity index (χ2v) is 9.80. The Morgan fingerprint density at radius 3 is 2.05 bits per heavy atom. The number of hydrogen-bond acceptors (Lipinski definition) is 3. The highest BCUT2D eigenvalue weighted by atomic mass is 19.3. The molecule has 0 N–H and O–H groups in total. The first-order chi connectivity index (χ1) is 18.3. The fourth-order valence-corrected chi connectivity index (χ4v) is 5.12. The van der Waals surface area contributed by atoms with Gasteiger partial charge in [0, 0.05) is 5.56 Å². The maximum atomic E-state index is 14.5. The lowest BCUT2D eigenvalue weighted by Crippen LogP contribution is -2.32. The molecule has 3 aromatic rings. The van der Waals surface area contributed by atoms with Gasteiger partial charge in [0.25, 0.3) is 0 Å². The van der Waals surface area contributed by atoms with Gasteiger partial charge in [0.1, 0.15) is 11.5 Å². The van der Waals surface area contributed by atoms with Crippen molar-refractivity contribution in [2.75, 3.05) is 13.2 Å². The van der Waals surface area contributed by atoms with Crippen LogP contribution in [0.4, 0.5) is 17.6 Å². The third-order valence-electron chi connectivity index (χ3n) is 7.08. The normalized spacial score (nSPS) is 17.7. The van der Waals surface area contributed by atoms with E-state index in [0.29, 0.717) is 17.2 Å². The molecule has 0 saturated heterocycles. The van der Waals surface area contributed by atoms with Gasteiger partial charge in [0.05, 0.1) is 6.61 Å². The van der Waals surface area contributed by atoms with Crippen molar-refractivity contribution < 1.29 is 31.8 Å². The lowest BCUT2D eigenvalue weighted by molar-refractivity contribution is -0.195. The first-order valence-electron chi connectivity index (χ1n) is 13.3. The number of rotatable bonds is 11. The second-order valence-electron chi connectivity index (χ2n) is 9.80. The Morgan fingerprint density at radius 2 is 1.42 bits per heavy atom. The molecule has 0 atom stereocenters. The molecule has 7 heteroatoms. The topological polar surface area (TPSA) is 27.7 Å². The van der Waals surface area contributed by atoms with Crippen molar-refractivity contribution in [2.45, 2.75) is 64.4 Å². The van der Waals surface area contributed by atoms with Crippen molar-refractivity contribution in [1.29, 1.82) is 0 Å². The minimum Gasteiger partial charge on any atom is -0.491 e. The van der Waals surface area contributed by atoms with Gasteiger partial charge in [-0.2, -0.15) is 13.2 Å². The molecule has 0 spiro atoms. The van der Waals surface area contributed by atoms with Gasteiger partial charge in [-0.3, -0.25) is 0 Å². The largest absolute Gasteiger partial charge is 0.491 e. The van der Waals surface area contributed by atoms with Gasteiger partial charge in [-0.25, -0.2) is 4.39 Å². The Hall–Kier alpha value is -3.22. The summed E-state index contributed by atoms with van der Waals surface area (Å²) in [5, 5.41) is 0. The molecular weight excluding hydrogens is 496 g/mol. The van der Waals surface area contributed by atoms with Crippen LogP contribution >= 0.6 is 0 Å². The monoisotopic (exact) mass is 530 g/mol. The summed E-state index contributed by atoms with van der Waals surface area (Å²) in [7, 11) is 0. The predicted molar refractivity (Wildman–Crippen MR) is 140 cm³/mol. The molecule has 4 rings (SSSR count). The summed E-state index contributed by atoms with van der Waals surface area (Å²) >= 11 is 0. The molecule has 0 radical (unpaired) electrons. The standard InChI is InChI=1S/C31H34F4O3/c1-3-5-21-6-8-22(9-7-21)23-10-14-25(15-11-23)37-20-31(34,35)38-26-16-12-24(13-17-26)27-18-19-28(36-4-2)30(33)29(27)32/h10-19,21-22H,3-9,20H2,1-2H3. The van der Waals surface area contributed by atoms with Crippen molar-refractivity contribution in [2.24, 2.45) is 5.92 Å². The minimum absolute atomic E-state index is 0.00922. The van der Waals surface area contributed by atoms with Gasteiger partial charge in [-0.15, -0.1) is 0 Å². The van der Waals surface area contributed by atoms with Gasteiger partial charge in [-0.1, -0.05) is 44.0 Å². The smallest absolute Gasteiger partial charge is 0.432 e. The number of halogens is 4. The highest BCUT2D eigenvalue weighted by molar-refractivity contribution is 5.66. The van der Waals surface area contributed by atoms with Crippen LogP contribution in [-0.4, -0.2) is 19.3 Å². The number of benzene rings is 3. The van der Waals surface area contributed by atoms with Crippen LogP contribution in [-0.2, 0) is 0 Å². The van der Waals surface area contributed by atoms with E-state index in [-0.39, 0.29) is 23.7 Å². The fourth-order valence-electron chi connectivity index (χ4n) is 5.12. The van der Waals surface area contributed by atoms with Crippen molar-refractivity contribution in [3.8, 4) is 28.4 Å². The fraction of sp³-hybridized carbons (Fsp3) is 0.419. The molecule has 0 bridgehead atoms. The SMILES string of the molecule is CCCC1CCC(c2ccc(OCC(F)(F)Oc3ccc(-c4ccc(OCC)c(F)c4F)cc3)cc2)CC1. The van der Waals surface area contributed by atoms with Gasteiger partial charge in [-0.05, 0) is 92.0 Å². The van der Waals surface area contributed by atoms with Crippen LogP contribution < -0.4 is 14.2 Å². The molecule has 204 valence electrons. The van der Waals surface area contributed by atoms with Crippen molar-refractivity contribution in [3.63, 3.8) is 0 Å². The average Bonchev–Trinajstić information content (AvgIpc) is 2.92. The molecule has 0 aromatic heterocycles. The zero-order chi connectivity index (χ0) is 27.1. The van der Waals surface area contributed by atoms with Crippen LogP contribution in [0.3, 0.4) is 0 Å². The van der Waals surface area contributed by atoms with E-state index in [1.807, 2.05) is 12.1 Å². The maximum absolute atomic E-state index is 14.5. The number of alkyl halides is 2. The molecule has 0 unspecified atom stereocenters. The van der Waals surface area contributed by atoms with E-state index in [2.05, 4.69) is 6.92 Å². The number of ether oxygens (including phenoxy) is 3. The van der Waals surface area contributed by atoms with Gasteiger partial charge in [0.15, 0.2) is 18.2 Å². The first-order valence-corrected chi connectivity index (χ1v) is 13.3. The Labute approximate surface area is 221 Å². The molecule has 1 aliphatic carbocycles. The Bertz CT molecular complexity index is 1170. The highest BCUT2D eigenvalue weighted by Gasteiger charge is 2.33. The van der Waals surface area contributed by atoms with Crippen LogP contribution in [0.15, 0.2) is 60.7 Å². The molecule has 3 aromatic carbocycles. The van der Waals surface area contributed by atoms with Crippen molar-refractivity contribution in [3.05, 3.63) is 77.9 Å². The summed E-state index contributed by atoms with van der Waals surface area (Å²) in [5.41, 5.74) is 1.53. The quantitative estimate of drug-likeness (QED) is 0.231.